The Balaban J connectivity index is 1.55. The molecule has 1 fully saturated rings. The molecule has 2 heterocycles. The number of ether oxygens (including phenoxy) is 1. The van der Waals surface area contributed by atoms with Crippen LogP contribution in [0.15, 0.2) is 23.4 Å². The Labute approximate surface area is 165 Å². The molecule has 0 radical (unpaired) electrons. The molecule has 0 bridgehead atoms. The fourth-order valence-electron chi connectivity index (χ4n) is 3.16. The van der Waals surface area contributed by atoms with Gasteiger partial charge in [-0.2, -0.15) is 0 Å². The van der Waals surface area contributed by atoms with Crippen LogP contribution in [0.3, 0.4) is 0 Å². The van der Waals surface area contributed by atoms with Crippen molar-refractivity contribution in [1.29, 1.82) is 0 Å². The SMILES string of the molecule is Cc1cccc(OCc2nnc(SCC(=O)N3CCCCCC3)n2C)c1C. The van der Waals surface area contributed by atoms with Gasteiger partial charge in [0.2, 0.25) is 5.91 Å². The van der Waals surface area contributed by atoms with Crippen molar-refractivity contribution in [2.45, 2.75) is 51.3 Å². The summed E-state index contributed by atoms with van der Waals surface area (Å²) in [5.41, 5.74) is 2.34. The second kappa shape index (κ2) is 9.26. The normalized spacial score (nSPS) is 14.9. The van der Waals surface area contributed by atoms with Crippen LogP contribution in [0.1, 0.15) is 42.6 Å². The maximum absolute atomic E-state index is 12.4. The first-order valence-corrected chi connectivity index (χ1v) is 10.5. The van der Waals surface area contributed by atoms with Gasteiger partial charge in [-0.1, -0.05) is 36.7 Å². The highest BCUT2D eigenvalue weighted by Gasteiger charge is 2.18. The Morgan fingerprint density at radius 3 is 2.63 bits per heavy atom. The molecule has 1 aromatic heterocycles. The standard InChI is InChI=1S/C20H28N4O2S/c1-15-9-8-10-17(16(15)2)26-13-18-21-22-20(23(18)3)27-14-19(25)24-11-6-4-5-7-12-24/h8-10H,4-7,11-14H2,1-3H3. The van der Waals surface area contributed by atoms with Gasteiger partial charge in [-0.15, -0.1) is 10.2 Å². The van der Waals surface area contributed by atoms with Crippen molar-refractivity contribution in [3.63, 3.8) is 0 Å². The number of aromatic nitrogens is 3. The summed E-state index contributed by atoms with van der Waals surface area (Å²) in [6.45, 7) is 6.24. The zero-order chi connectivity index (χ0) is 19.2. The number of carbonyl (C=O) groups is 1. The van der Waals surface area contributed by atoms with Gasteiger partial charge in [0.25, 0.3) is 0 Å². The van der Waals surface area contributed by atoms with Crippen molar-refractivity contribution < 1.29 is 9.53 Å². The fourth-order valence-corrected chi connectivity index (χ4v) is 3.99. The molecule has 1 aliphatic rings. The maximum atomic E-state index is 12.4. The van der Waals surface area contributed by atoms with Crippen LogP contribution in [0.2, 0.25) is 0 Å². The quantitative estimate of drug-likeness (QED) is 0.709. The van der Waals surface area contributed by atoms with Gasteiger partial charge in [-0.05, 0) is 43.9 Å². The molecule has 1 aromatic carbocycles. The molecular weight excluding hydrogens is 360 g/mol. The number of amides is 1. The molecule has 1 saturated heterocycles. The third-order valence-electron chi connectivity index (χ3n) is 5.12. The lowest BCUT2D eigenvalue weighted by atomic mass is 10.1. The van der Waals surface area contributed by atoms with Gasteiger partial charge in [-0.25, -0.2) is 0 Å². The summed E-state index contributed by atoms with van der Waals surface area (Å²) in [7, 11) is 1.92. The van der Waals surface area contributed by atoms with Crippen molar-refractivity contribution >= 4 is 17.7 Å². The minimum Gasteiger partial charge on any atom is -0.485 e. The third-order valence-corrected chi connectivity index (χ3v) is 6.13. The van der Waals surface area contributed by atoms with E-state index in [1.807, 2.05) is 28.6 Å². The van der Waals surface area contributed by atoms with Crippen molar-refractivity contribution in [2.24, 2.45) is 7.05 Å². The molecule has 2 aromatic rings. The topological polar surface area (TPSA) is 60.3 Å². The molecule has 0 saturated carbocycles. The van der Waals surface area contributed by atoms with E-state index in [0.717, 1.165) is 48.2 Å². The molecule has 0 spiro atoms. The Morgan fingerprint density at radius 2 is 1.89 bits per heavy atom. The number of aryl methyl sites for hydroxylation is 1. The first kappa shape index (κ1) is 19.7. The van der Waals surface area contributed by atoms with Crippen LogP contribution < -0.4 is 4.74 Å². The van der Waals surface area contributed by atoms with Gasteiger partial charge in [0.15, 0.2) is 11.0 Å². The number of rotatable bonds is 6. The van der Waals surface area contributed by atoms with E-state index in [2.05, 4.69) is 30.1 Å². The second-order valence-corrected chi connectivity index (χ2v) is 7.97. The summed E-state index contributed by atoms with van der Waals surface area (Å²) in [6, 6.07) is 6.03. The maximum Gasteiger partial charge on any atom is 0.233 e. The first-order chi connectivity index (χ1) is 13.1. The summed E-state index contributed by atoms with van der Waals surface area (Å²) in [6.07, 6.45) is 4.68. The van der Waals surface area contributed by atoms with Crippen molar-refractivity contribution in [2.75, 3.05) is 18.8 Å². The molecule has 6 nitrogen and oxygen atoms in total. The van der Waals surface area contributed by atoms with Crippen LogP contribution in [0, 0.1) is 13.8 Å². The Hall–Kier alpha value is -2.02. The summed E-state index contributed by atoms with van der Waals surface area (Å²) in [5, 5.41) is 9.21. The molecule has 0 aliphatic carbocycles. The lowest BCUT2D eigenvalue weighted by Gasteiger charge is -2.19. The Bertz CT molecular complexity index is 782. The minimum absolute atomic E-state index is 0.193. The van der Waals surface area contributed by atoms with Crippen LogP contribution in [0.25, 0.3) is 0 Å². The summed E-state index contributed by atoms with van der Waals surface area (Å²) in [5.74, 6) is 2.21. The number of carbonyl (C=O) groups excluding carboxylic acids is 1. The van der Waals surface area contributed by atoms with Crippen molar-refractivity contribution in [3.05, 3.63) is 35.2 Å². The lowest BCUT2D eigenvalue weighted by molar-refractivity contribution is -0.128. The smallest absolute Gasteiger partial charge is 0.233 e. The van der Waals surface area contributed by atoms with Crippen molar-refractivity contribution in [1.82, 2.24) is 19.7 Å². The van der Waals surface area contributed by atoms with Gasteiger partial charge in [0.1, 0.15) is 12.4 Å². The highest BCUT2D eigenvalue weighted by atomic mass is 32.2. The van der Waals surface area contributed by atoms with Gasteiger partial charge < -0.3 is 14.2 Å². The average Bonchev–Trinajstić information content (AvgIpc) is 2.86. The number of thioether (sulfide) groups is 1. The molecule has 146 valence electrons. The number of hydrogen-bond donors (Lipinski definition) is 0. The number of likely N-dealkylation sites (tertiary alicyclic amines) is 1. The lowest BCUT2D eigenvalue weighted by Crippen LogP contribution is -2.33. The van der Waals surface area contributed by atoms with Crippen LogP contribution in [0.5, 0.6) is 5.75 Å². The summed E-state index contributed by atoms with van der Waals surface area (Å²) < 4.78 is 7.83. The van der Waals surface area contributed by atoms with Crippen LogP contribution in [-0.2, 0) is 18.4 Å². The van der Waals surface area contributed by atoms with Crippen LogP contribution >= 0.6 is 11.8 Å². The number of benzene rings is 1. The molecule has 0 N–H and O–H groups in total. The zero-order valence-electron chi connectivity index (χ0n) is 16.4. The molecule has 0 atom stereocenters. The molecular formula is C20H28N4O2S. The Kier molecular flexibility index (Phi) is 6.77. The van der Waals surface area contributed by atoms with Crippen LogP contribution in [-0.4, -0.2) is 44.4 Å². The van der Waals surface area contributed by atoms with Gasteiger partial charge in [0.05, 0.1) is 5.75 Å². The van der Waals surface area contributed by atoms with E-state index in [1.54, 1.807) is 0 Å². The van der Waals surface area contributed by atoms with E-state index in [4.69, 9.17) is 4.74 Å². The van der Waals surface area contributed by atoms with E-state index < -0.39 is 0 Å². The van der Waals surface area contributed by atoms with Crippen molar-refractivity contribution in [3.8, 4) is 5.75 Å². The highest BCUT2D eigenvalue weighted by Crippen LogP contribution is 2.22. The fraction of sp³-hybridized carbons (Fsp3) is 0.550. The Morgan fingerprint density at radius 1 is 1.15 bits per heavy atom. The number of nitrogens with zero attached hydrogens (tertiary/aromatic N) is 4. The predicted molar refractivity (Wildman–Crippen MR) is 107 cm³/mol. The molecule has 1 aliphatic heterocycles. The van der Waals surface area contributed by atoms with Gasteiger partial charge in [-0.3, -0.25) is 4.79 Å². The molecule has 0 unspecified atom stereocenters. The largest absolute Gasteiger partial charge is 0.485 e. The molecule has 3 rings (SSSR count). The van der Waals surface area contributed by atoms with E-state index in [0.29, 0.717) is 12.4 Å². The van der Waals surface area contributed by atoms with Crippen LogP contribution in [0.4, 0.5) is 0 Å². The summed E-state index contributed by atoms with van der Waals surface area (Å²) in [4.78, 5) is 14.4. The average molecular weight is 389 g/mol. The number of hydrogen-bond acceptors (Lipinski definition) is 5. The van der Waals surface area contributed by atoms with E-state index in [1.165, 1.54) is 30.2 Å². The molecule has 27 heavy (non-hydrogen) atoms. The third kappa shape index (κ3) is 5.03. The predicted octanol–water partition coefficient (Wildman–Crippen LogP) is 3.51. The van der Waals surface area contributed by atoms with E-state index >= 15 is 0 Å². The second-order valence-electron chi connectivity index (χ2n) is 7.03. The zero-order valence-corrected chi connectivity index (χ0v) is 17.2. The molecule has 1 amide bonds. The monoisotopic (exact) mass is 388 g/mol. The minimum atomic E-state index is 0.193. The first-order valence-electron chi connectivity index (χ1n) is 9.54. The van der Waals surface area contributed by atoms with E-state index in [9.17, 15) is 4.79 Å². The van der Waals surface area contributed by atoms with E-state index in [-0.39, 0.29) is 5.91 Å². The van der Waals surface area contributed by atoms with Gasteiger partial charge in [0, 0.05) is 20.1 Å². The summed E-state index contributed by atoms with van der Waals surface area (Å²) >= 11 is 1.45. The van der Waals surface area contributed by atoms with Gasteiger partial charge >= 0.3 is 0 Å². The highest BCUT2D eigenvalue weighted by molar-refractivity contribution is 7.99. The molecule has 7 heteroatoms.